The van der Waals surface area contributed by atoms with Gasteiger partial charge in [-0.05, 0) is 71.4 Å². The Morgan fingerprint density at radius 3 is 2.29 bits per heavy atom. The maximum absolute atomic E-state index is 5.21. The molecule has 1 rings (SSSR count). The number of aryl methyl sites for hydroxylation is 1. The van der Waals surface area contributed by atoms with Gasteiger partial charge in [-0.3, -0.25) is 0 Å². The highest BCUT2D eigenvalue weighted by Crippen LogP contribution is 2.21. The smallest absolute Gasteiger partial charge is 0.118 e. The van der Waals surface area contributed by atoms with E-state index >= 15 is 0 Å². The van der Waals surface area contributed by atoms with Gasteiger partial charge in [0.25, 0.3) is 0 Å². The second-order valence-corrected chi connectivity index (χ2v) is 6.44. The van der Waals surface area contributed by atoms with Gasteiger partial charge < -0.3 is 15.0 Å². The number of likely N-dealkylation sites (N-methyl/N-ethyl adjacent to an activating group) is 1. The molecule has 0 fully saturated rings. The van der Waals surface area contributed by atoms with Crippen LogP contribution in [0.25, 0.3) is 0 Å². The van der Waals surface area contributed by atoms with Crippen molar-refractivity contribution in [2.24, 2.45) is 0 Å². The van der Waals surface area contributed by atoms with Crippen molar-refractivity contribution in [2.75, 3.05) is 27.7 Å². The van der Waals surface area contributed by atoms with Crippen LogP contribution >= 0.6 is 0 Å². The molecule has 120 valence electrons. The predicted octanol–water partition coefficient (Wildman–Crippen LogP) is 3.34. The highest BCUT2D eigenvalue weighted by molar-refractivity contribution is 5.27. The van der Waals surface area contributed by atoms with Crippen LogP contribution in [0.2, 0.25) is 0 Å². The van der Waals surface area contributed by atoms with Crippen molar-refractivity contribution in [3.05, 3.63) is 29.8 Å². The summed E-state index contributed by atoms with van der Waals surface area (Å²) >= 11 is 0. The Morgan fingerprint density at radius 2 is 1.81 bits per heavy atom. The van der Waals surface area contributed by atoms with Crippen molar-refractivity contribution < 1.29 is 4.74 Å². The number of nitrogens with zero attached hydrogens (tertiary/aromatic N) is 1. The van der Waals surface area contributed by atoms with Gasteiger partial charge in [0.2, 0.25) is 0 Å². The first-order valence-corrected chi connectivity index (χ1v) is 7.95. The molecule has 0 aliphatic rings. The quantitative estimate of drug-likeness (QED) is 0.755. The molecule has 1 atom stereocenters. The lowest BCUT2D eigenvalue weighted by Crippen LogP contribution is -2.55. The minimum Gasteiger partial charge on any atom is -0.497 e. The summed E-state index contributed by atoms with van der Waals surface area (Å²) < 4.78 is 5.21. The van der Waals surface area contributed by atoms with Gasteiger partial charge in [-0.2, -0.15) is 0 Å². The third kappa shape index (κ3) is 5.33. The minimum absolute atomic E-state index is 0.141. The van der Waals surface area contributed by atoms with Gasteiger partial charge in [-0.15, -0.1) is 0 Å². The summed E-state index contributed by atoms with van der Waals surface area (Å²) in [4.78, 5) is 2.31. The molecule has 3 heteroatoms. The zero-order chi connectivity index (χ0) is 15.9. The number of hydrogen-bond donors (Lipinski definition) is 1. The first kappa shape index (κ1) is 18.0. The maximum atomic E-state index is 5.21. The Bertz CT molecular complexity index is 398. The second-order valence-electron chi connectivity index (χ2n) is 6.44. The standard InChI is InChI=1S/C18H32N2O/c1-7-14-19-17(18(2,3)20(4)5)13-10-15-8-11-16(21-6)12-9-15/h8-9,11-12,17,19H,7,10,13-14H2,1-6H3. The molecule has 1 aromatic carbocycles. The largest absolute Gasteiger partial charge is 0.497 e. The van der Waals surface area contributed by atoms with E-state index in [0.29, 0.717) is 6.04 Å². The van der Waals surface area contributed by atoms with E-state index in [1.807, 2.05) is 12.1 Å². The molecular weight excluding hydrogens is 260 g/mol. The summed E-state index contributed by atoms with van der Waals surface area (Å²) in [6, 6.07) is 8.90. The lowest BCUT2D eigenvalue weighted by atomic mass is 9.88. The van der Waals surface area contributed by atoms with E-state index in [1.54, 1.807) is 7.11 Å². The third-order valence-corrected chi connectivity index (χ3v) is 4.53. The number of methoxy groups -OCH3 is 1. The fourth-order valence-corrected chi connectivity index (χ4v) is 2.44. The molecule has 0 amide bonds. The Labute approximate surface area is 130 Å². The van der Waals surface area contributed by atoms with Crippen LogP contribution in [0.15, 0.2) is 24.3 Å². The first-order valence-electron chi connectivity index (χ1n) is 7.95. The van der Waals surface area contributed by atoms with Crippen LogP contribution in [-0.4, -0.2) is 44.2 Å². The molecule has 1 N–H and O–H groups in total. The van der Waals surface area contributed by atoms with Gasteiger partial charge in [0.05, 0.1) is 7.11 Å². The molecule has 0 aliphatic heterocycles. The van der Waals surface area contributed by atoms with E-state index in [0.717, 1.165) is 25.1 Å². The molecule has 0 bridgehead atoms. The van der Waals surface area contributed by atoms with Crippen molar-refractivity contribution in [1.29, 1.82) is 0 Å². The number of benzene rings is 1. The molecule has 21 heavy (non-hydrogen) atoms. The summed E-state index contributed by atoms with van der Waals surface area (Å²) in [6.45, 7) is 7.92. The molecule has 1 unspecified atom stereocenters. The summed E-state index contributed by atoms with van der Waals surface area (Å²) in [5.41, 5.74) is 1.51. The normalized spacial score (nSPS) is 13.5. The molecule has 0 saturated heterocycles. The number of hydrogen-bond acceptors (Lipinski definition) is 3. The van der Waals surface area contributed by atoms with Crippen molar-refractivity contribution >= 4 is 0 Å². The van der Waals surface area contributed by atoms with Gasteiger partial charge in [0.1, 0.15) is 5.75 Å². The summed E-state index contributed by atoms with van der Waals surface area (Å²) in [5, 5.41) is 3.72. The van der Waals surface area contributed by atoms with Gasteiger partial charge in [-0.1, -0.05) is 19.1 Å². The van der Waals surface area contributed by atoms with Crippen molar-refractivity contribution in [3.8, 4) is 5.75 Å². The van der Waals surface area contributed by atoms with Crippen LogP contribution in [0, 0.1) is 0 Å². The number of ether oxygens (including phenoxy) is 1. The fraction of sp³-hybridized carbons (Fsp3) is 0.667. The van der Waals surface area contributed by atoms with Gasteiger partial charge >= 0.3 is 0 Å². The van der Waals surface area contributed by atoms with Crippen LogP contribution in [-0.2, 0) is 6.42 Å². The van der Waals surface area contributed by atoms with E-state index in [2.05, 4.69) is 57.2 Å². The van der Waals surface area contributed by atoms with E-state index in [-0.39, 0.29) is 5.54 Å². The Kier molecular flexibility index (Phi) is 7.20. The highest BCUT2D eigenvalue weighted by atomic mass is 16.5. The monoisotopic (exact) mass is 292 g/mol. The third-order valence-electron chi connectivity index (χ3n) is 4.53. The lowest BCUT2D eigenvalue weighted by molar-refractivity contribution is 0.132. The van der Waals surface area contributed by atoms with Gasteiger partial charge in [0.15, 0.2) is 0 Å². The molecule has 3 nitrogen and oxygen atoms in total. The molecule has 0 aliphatic carbocycles. The minimum atomic E-state index is 0.141. The van der Waals surface area contributed by atoms with Crippen molar-refractivity contribution in [2.45, 2.75) is 51.6 Å². The topological polar surface area (TPSA) is 24.5 Å². The van der Waals surface area contributed by atoms with E-state index in [4.69, 9.17) is 4.74 Å². The summed E-state index contributed by atoms with van der Waals surface area (Å²) in [5.74, 6) is 0.924. The van der Waals surface area contributed by atoms with Crippen LogP contribution in [0.5, 0.6) is 5.75 Å². The molecule has 0 radical (unpaired) electrons. The van der Waals surface area contributed by atoms with Crippen molar-refractivity contribution in [3.63, 3.8) is 0 Å². The molecule has 1 aromatic rings. The van der Waals surface area contributed by atoms with Crippen LogP contribution < -0.4 is 10.1 Å². The molecule has 0 spiro atoms. The molecule has 0 heterocycles. The highest BCUT2D eigenvalue weighted by Gasteiger charge is 2.30. The van der Waals surface area contributed by atoms with Crippen LogP contribution in [0.3, 0.4) is 0 Å². The number of nitrogens with one attached hydrogen (secondary N) is 1. The zero-order valence-electron chi connectivity index (χ0n) is 14.6. The Balaban J connectivity index is 2.67. The maximum Gasteiger partial charge on any atom is 0.118 e. The molecule has 0 aromatic heterocycles. The second kappa shape index (κ2) is 8.40. The molecule has 0 saturated carbocycles. The van der Waals surface area contributed by atoms with Gasteiger partial charge in [0, 0.05) is 11.6 Å². The van der Waals surface area contributed by atoms with E-state index < -0.39 is 0 Å². The predicted molar refractivity (Wildman–Crippen MR) is 91.2 cm³/mol. The van der Waals surface area contributed by atoms with E-state index in [9.17, 15) is 0 Å². The van der Waals surface area contributed by atoms with E-state index in [1.165, 1.54) is 12.0 Å². The van der Waals surface area contributed by atoms with Crippen LogP contribution in [0.4, 0.5) is 0 Å². The zero-order valence-corrected chi connectivity index (χ0v) is 14.6. The fourth-order valence-electron chi connectivity index (χ4n) is 2.44. The lowest BCUT2D eigenvalue weighted by Gasteiger charge is -2.41. The van der Waals surface area contributed by atoms with Gasteiger partial charge in [-0.25, -0.2) is 0 Å². The van der Waals surface area contributed by atoms with Crippen molar-refractivity contribution in [1.82, 2.24) is 10.2 Å². The summed E-state index contributed by atoms with van der Waals surface area (Å²) in [6.07, 6.45) is 3.39. The SMILES string of the molecule is CCCNC(CCc1ccc(OC)cc1)C(C)(C)N(C)C. The Morgan fingerprint density at radius 1 is 1.19 bits per heavy atom. The average Bonchev–Trinajstić information content (AvgIpc) is 2.47. The molecular formula is C18H32N2O. The number of rotatable bonds is 9. The first-order chi connectivity index (χ1) is 9.91. The van der Waals surface area contributed by atoms with Crippen LogP contribution in [0.1, 0.15) is 39.2 Å². The summed E-state index contributed by atoms with van der Waals surface area (Å²) in [7, 11) is 6.03. The average molecular weight is 292 g/mol. The Hall–Kier alpha value is -1.06.